The number of hydrogen-bond acceptors (Lipinski definition) is 2. The number of aromatic nitrogens is 2. The van der Waals surface area contributed by atoms with E-state index < -0.39 is 0 Å². The van der Waals surface area contributed by atoms with Crippen LogP contribution >= 0.6 is 12.2 Å². The van der Waals surface area contributed by atoms with Gasteiger partial charge in [0.05, 0.1) is 11.1 Å². The summed E-state index contributed by atoms with van der Waals surface area (Å²) in [4.78, 5) is 0.899. The monoisotopic (exact) mass is 228 g/mol. The van der Waals surface area contributed by atoms with Crippen LogP contribution in [0.1, 0.15) is 35.6 Å². The molecular formula is C13H12N2S. The van der Waals surface area contributed by atoms with E-state index in [1.165, 1.54) is 18.5 Å². The summed E-state index contributed by atoms with van der Waals surface area (Å²) in [6, 6.07) is 10.1. The second-order valence-corrected chi connectivity index (χ2v) is 4.58. The van der Waals surface area contributed by atoms with Crippen molar-refractivity contribution in [3.05, 3.63) is 53.3 Å². The number of hydrogen-bond donors (Lipinski definition) is 1. The highest BCUT2D eigenvalue weighted by atomic mass is 32.1. The van der Waals surface area contributed by atoms with Crippen molar-refractivity contribution < 1.29 is 0 Å². The van der Waals surface area contributed by atoms with E-state index in [1.807, 2.05) is 36.5 Å². The summed E-state index contributed by atoms with van der Waals surface area (Å²) in [5, 5.41) is 7.20. The Hall–Kier alpha value is -1.48. The van der Waals surface area contributed by atoms with Gasteiger partial charge in [0.2, 0.25) is 0 Å². The van der Waals surface area contributed by atoms with Gasteiger partial charge in [0.25, 0.3) is 0 Å². The first-order valence-corrected chi connectivity index (χ1v) is 5.90. The van der Waals surface area contributed by atoms with Gasteiger partial charge in [-0.3, -0.25) is 5.10 Å². The first kappa shape index (κ1) is 9.73. The van der Waals surface area contributed by atoms with Gasteiger partial charge in [-0.15, -0.1) is 0 Å². The summed E-state index contributed by atoms with van der Waals surface area (Å²) in [5.74, 6) is 0.652. The van der Waals surface area contributed by atoms with Crippen molar-refractivity contribution in [1.29, 1.82) is 0 Å². The molecule has 0 saturated heterocycles. The van der Waals surface area contributed by atoms with Crippen LogP contribution in [0.25, 0.3) is 0 Å². The molecule has 0 atom stereocenters. The predicted octanol–water partition coefficient (Wildman–Crippen LogP) is 3.05. The first-order chi connectivity index (χ1) is 7.86. The number of H-pyrrole nitrogens is 1. The van der Waals surface area contributed by atoms with E-state index in [1.54, 1.807) is 0 Å². The van der Waals surface area contributed by atoms with Gasteiger partial charge in [-0.05, 0) is 18.4 Å². The molecule has 1 aliphatic rings. The van der Waals surface area contributed by atoms with E-state index in [0.717, 1.165) is 16.0 Å². The molecule has 2 nitrogen and oxygen atoms in total. The fourth-order valence-corrected chi connectivity index (χ4v) is 2.20. The van der Waals surface area contributed by atoms with E-state index >= 15 is 0 Å². The molecule has 1 aliphatic carbocycles. The maximum atomic E-state index is 5.52. The number of nitrogens with one attached hydrogen (secondary N) is 1. The van der Waals surface area contributed by atoms with Crippen molar-refractivity contribution in [1.82, 2.24) is 10.2 Å². The maximum absolute atomic E-state index is 5.52. The largest absolute Gasteiger partial charge is 0.282 e. The van der Waals surface area contributed by atoms with Crippen LogP contribution < -0.4 is 0 Å². The van der Waals surface area contributed by atoms with Crippen LogP contribution in [-0.2, 0) is 0 Å². The normalized spacial score (nSPS) is 15.0. The van der Waals surface area contributed by atoms with E-state index in [4.69, 9.17) is 12.2 Å². The van der Waals surface area contributed by atoms with Gasteiger partial charge in [0.1, 0.15) is 0 Å². The minimum Gasteiger partial charge on any atom is -0.282 e. The van der Waals surface area contributed by atoms with Crippen LogP contribution in [-0.4, -0.2) is 15.1 Å². The number of nitrogens with zero attached hydrogens (tertiary/aromatic N) is 1. The number of thiocarbonyl (C=S) groups is 1. The molecule has 1 aromatic carbocycles. The molecule has 0 aliphatic heterocycles. The van der Waals surface area contributed by atoms with Gasteiger partial charge >= 0.3 is 0 Å². The summed E-state index contributed by atoms with van der Waals surface area (Å²) in [5.41, 5.74) is 3.42. The molecule has 1 N–H and O–H groups in total. The van der Waals surface area contributed by atoms with Crippen LogP contribution in [0.4, 0.5) is 0 Å². The molecule has 1 heterocycles. The maximum Gasteiger partial charge on any atom is 0.0577 e. The lowest BCUT2D eigenvalue weighted by Crippen LogP contribution is -2.01. The molecule has 1 aromatic heterocycles. The third-order valence-corrected chi connectivity index (χ3v) is 3.39. The molecule has 80 valence electrons. The first-order valence-electron chi connectivity index (χ1n) is 5.49. The molecule has 2 aromatic rings. The third-order valence-electron chi connectivity index (χ3n) is 2.94. The smallest absolute Gasteiger partial charge is 0.0577 e. The molecule has 1 saturated carbocycles. The Kier molecular flexibility index (Phi) is 2.33. The Morgan fingerprint density at radius 1 is 1.25 bits per heavy atom. The molecule has 0 unspecified atom stereocenters. The molecule has 16 heavy (non-hydrogen) atoms. The summed E-state index contributed by atoms with van der Waals surface area (Å²) >= 11 is 5.52. The van der Waals surface area contributed by atoms with Gasteiger partial charge in [-0.25, -0.2) is 0 Å². The highest BCUT2D eigenvalue weighted by Gasteiger charge is 2.28. The van der Waals surface area contributed by atoms with Crippen molar-refractivity contribution in [3.63, 3.8) is 0 Å². The Morgan fingerprint density at radius 3 is 2.69 bits per heavy atom. The minimum atomic E-state index is 0.652. The highest BCUT2D eigenvalue weighted by Crippen LogP contribution is 2.40. The Balaban J connectivity index is 1.97. The van der Waals surface area contributed by atoms with E-state index in [9.17, 15) is 0 Å². The fourth-order valence-electron chi connectivity index (χ4n) is 1.91. The second kappa shape index (κ2) is 3.83. The Bertz CT molecular complexity index is 512. The summed E-state index contributed by atoms with van der Waals surface area (Å²) in [6.07, 6.45) is 4.36. The summed E-state index contributed by atoms with van der Waals surface area (Å²) in [7, 11) is 0. The third kappa shape index (κ3) is 1.67. The molecule has 0 radical (unpaired) electrons. The zero-order chi connectivity index (χ0) is 11.0. The summed E-state index contributed by atoms with van der Waals surface area (Å²) in [6.45, 7) is 0. The molecule has 3 heteroatoms. The highest BCUT2D eigenvalue weighted by molar-refractivity contribution is 7.81. The molecule has 0 amide bonds. The van der Waals surface area contributed by atoms with Crippen molar-refractivity contribution in [3.8, 4) is 0 Å². The van der Waals surface area contributed by atoms with Crippen molar-refractivity contribution in [2.75, 3.05) is 0 Å². The molecule has 0 spiro atoms. The van der Waals surface area contributed by atoms with Crippen LogP contribution in [0.3, 0.4) is 0 Å². The van der Waals surface area contributed by atoms with Crippen molar-refractivity contribution in [2.45, 2.75) is 18.8 Å². The average molecular weight is 228 g/mol. The van der Waals surface area contributed by atoms with Gasteiger partial charge in [-0.1, -0.05) is 42.5 Å². The Labute approximate surface area is 99.7 Å². The minimum absolute atomic E-state index is 0.652. The van der Waals surface area contributed by atoms with Crippen LogP contribution in [0.15, 0.2) is 36.5 Å². The number of benzene rings is 1. The SMILES string of the molecule is S=C(c1ccccc1)c1cn[nH]c1C1CC1. The quantitative estimate of drug-likeness (QED) is 0.646. The standard InChI is InChI=1S/C13H12N2S/c16-13(10-4-2-1-3-5-10)11-8-14-15-12(11)9-6-7-9/h1-5,8-9H,6-7H2,(H,14,15). The van der Waals surface area contributed by atoms with Crippen LogP contribution in [0, 0.1) is 0 Å². The van der Waals surface area contributed by atoms with E-state index in [-0.39, 0.29) is 0 Å². The zero-order valence-electron chi connectivity index (χ0n) is 8.81. The topological polar surface area (TPSA) is 28.7 Å². The molecule has 3 rings (SSSR count). The second-order valence-electron chi connectivity index (χ2n) is 4.17. The number of rotatable bonds is 3. The lowest BCUT2D eigenvalue weighted by atomic mass is 10.0. The lowest BCUT2D eigenvalue weighted by Gasteiger charge is -2.03. The van der Waals surface area contributed by atoms with E-state index in [0.29, 0.717) is 5.92 Å². The van der Waals surface area contributed by atoms with Crippen LogP contribution in [0.5, 0.6) is 0 Å². The average Bonchev–Trinajstić information content (AvgIpc) is 3.07. The van der Waals surface area contributed by atoms with Crippen molar-refractivity contribution >= 4 is 17.1 Å². The fraction of sp³-hybridized carbons (Fsp3) is 0.231. The molecule has 0 bridgehead atoms. The Morgan fingerprint density at radius 2 is 2.00 bits per heavy atom. The molecular weight excluding hydrogens is 216 g/mol. The van der Waals surface area contributed by atoms with Crippen LogP contribution in [0.2, 0.25) is 0 Å². The van der Waals surface area contributed by atoms with Gasteiger partial charge in [-0.2, -0.15) is 5.10 Å². The predicted molar refractivity (Wildman–Crippen MR) is 67.8 cm³/mol. The lowest BCUT2D eigenvalue weighted by molar-refractivity contribution is 0.964. The number of aromatic amines is 1. The van der Waals surface area contributed by atoms with E-state index in [2.05, 4.69) is 10.2 Å². The summed E-state index contributed by atoms with van der Waals surface area (Å²) < 4.78 is 0. The zero-order valence-corrected chi connectivity index (χ0v) is 9.63. The van der Waals surface area contributed by atoms with Gasteiger partial charge in [0.15, 0.2) is 0 Å². The van der Waals surface area contributed by atoms with Gasteiger partial charge < -0.3 is 0 Å². The molecule has 1 fully saturated rings. The van der Waals surface area contributed by atoms with Gasteiger partial charge in [0, 0.05) is 17.2 Å². The van der Waals surface area contributed by atoms with Crippen molar-refractivity contribution in [2.24, 2.45) is 0 Å².